The summed E-state index contributed by atoms with van der Waals surface area (Å²) in [4.78, 5) is 6.91. The van der Waals surface area contributed by atoms with Gasteiger partial charge in [0.15, 0.2) is 0 Å². The maximum absolute atomic E-state index is 5.96. The minimum absolute atomic E-state index is 0.350. The lowest BCUT2D eigenvalue weighted by Crippen LogP contribution is -2.40. The molecule has 0 spiro atoms. The third-order valence-corrected chi connectivity index (χ3v) is 4.26. The van der Waals surface area contributed by atoms with Crippen molar-refractivity contribution in [1.29, 1.82) is 0 Å². The molecule has 1 saturated heterocycles. The van der Waals surface area contributed by atoms with Crippen LogP contribution in [0.5, 0.6) is 0 Å². The van der Waals surface area contributed by atoms with Crippen molar-refractivity contribution in [3.05, 3.63) is 34.9 Å². The number of fused-ring (bicyclic) bond motifs is 1. The highest BCUT2D eigenvalue weighted by Crippen LogP contribution is 2.30. The van der Waals surface area contributed by atoms with Crippen molar-refractivity contribution in [1.82, 2.24) is 4.98 Å². The van der Waals surface area contributed by atoms with Crippen molar-refractivity contribution >= 4 is 32.5 Å². The van der Waals surface area contributed by atoms with Crippen molar-refractivity contribution in [2.45, 2.75) is 18.9 Å². The lowest BCUT2D eigenvalue weighted by atomic mass is 10.1. The Morgan fingerprint density at radius 2 is 1.94 bits per heavy atom. The monoisotopic (exact) mass is 305 g/mol. The third-order valence-electron chi connectivity index (χ3n) is 3.57. The number of nitrogens with two attached hydrogens (primary N) is 1. The molecular weight excluding hydrogens is 290 g/mol. The first-order chi connectivity index (χ1) is 8.75. The van der Waals surface area contributed by atoms with Crippen molar-refractivity contribution in [2.24, 2.45) is 5.73 Å². The van der Waals surface area contributed by atoms with E-state index >= 15 is 0 Å². The molecule has 4 heteroatoms. The third kappa shape index (κ3) is 2.10. The van der Waals surface area contributed by atoms with Crippen LogP contribution < -0.4 is 10.6 Å². The van der Waals surface area contributed by atoms with E-state index in [4.69, 9.17) is 5.73 Å². The molecule has 1 aromatic heterocycles. The van der Waals surface area contributed by atoms with Gasteiger partial charge in [-0.1, -0.05) is 28.1 Å². The first-order valence-corrected chi connectivity index (χ1v) is 7.09. The van der Waals surface area contributed by atoms with E-state index in [0.717, 1.165) is 36.2 Å². The zero-order chi connectivity index (χ0) is 12.5. The van der Waals surface area contributed by atoms with Crippen molar-refractivity contribution in [3.63, 3.8) is 0 Å². The Balaban J connectivity index is 2.04. The number of pyridine rings is 1. The van der Waals surface area contributed by atoms with Crippen LogP contribution in [-0.4, -0.2) is 24.1 Å². The number of anilines is 1. The fourth-order valence-corrected chi connectivity index (χ4v) is 3.01. The van der Waals surface area contributed by atoms with Crippen molar-refractivity contribution in [2.75, 3.05) is 18.0 Å². The first-order valence-electron chi connectivity index (χ1n) is 6.29. The summed E-state index contributed by atoms with van der Waals surface area (Å²) in [5, 5.41) is 2.43. The van der Waals surface area contributed by atoms with Gasteiger partial charge in [0, 0.05) is 40.6 Å². The predicted octanol–water partition coefficient (Wildman–Crippen LogP) is 2.92. The van der Waals surface area contributed by atoms with Gasteiger partial charge < -0.3 is 10.6 Å². The molecule has 1 aliphatic heterocycles. The summed E-state index contributed by atoms with van der Waals surface area (Å²) in [7, 11) is 0. The molecule has 1 aromatic carbocycles. The highest BCUT2D eigenvalue weighted by Gasteiger charge is 2.19. The predicted molar refractivity (Wildman–Crippen MR) is 78.9 cm³/mol. The molecule has 2 aromatic rings. The first kappa shape index (κ1) is 11.9. The molecular formula is C14H16BrN3. The van der Waals surface area contributed by atoms with Crippen LogP contribution in [0.4, 0.5) is 5.82 Å². The summed E-state index contributed by atoms with van der Waals surface area (Å²) < 4.78 is 1.12. The molecule has 1 aliphatic rings. The van der Waals surface area contributed by atoms with Crippen LogP contribution in [0.1, 0.15) is 12.8 Å². The van der Waals surface area contributed by atoms with E-state index in [0.29, 0.717) is 6.04 Å². The fourth-order valence-electron chi connectivity index (χ4n) is 2.52. The SMILES string of the molecule is NC1CCN(c2nccc3c(Br)cccc23)CC1. The number of nitrogens with zero attached hydrogens (tertiary/aromatic N) is 2. The second kappa shape index (κ2) is 4.86. The number of piperidine rings is 1. The Morgan fingerprint density at radius 1 is 1.17 bits per heavy atom. The normalized spacial score (nSPS) is 17.3. The quantitative estimate of drug-likeness (QED) is 0.881. The molecule has 94 valence electrons. The van der Waals surface area contributed by atoms with Crippen LogP contribution in [0.25, 0.3) is 10.8 Å². The second-order valence-electron chi connectivity index (χ2n) is 4.79. The Morgan fingerprint density at radius 3 is 2.72 bits per heavy atom. The van der Waals surface area contributed by atoms with Gasteiger partial charge in [-0.2, -0.15) is 0 Å². The van der Waals surface area contributed by atoms with Gasteiger partial charge in [0.05, 0.1) is 0 Å². The van der Waals surface area contributed by atoms with E-state index in [-0.39, 0.29) is 0 Å². The number of benzene rings is 1. The Kier molecular flexibility index (Phi) is 3.22. The molecule has 3 nitrogen and oxygen atoms in total. The maximum Gasteiger partial charge on any atom is 0.136 e. The molecule has 0 unspecified atom stereocenters. The van der Waals surface area contributed by atoms with E-state index in [1.165, 1.54) is 10.8 Å². The van der Waals surface area contributed by atoms with Crippen LogP contribution in [-0.2, 0) is 0 Å². The highest BCUT2D eigenvalue weighted by molar-refractivity contribution is 9.10. The summed E-state index contributed by atoms with van der Waals surface area (Å²) in [5.74, 6) is 1.08. The Bertz CT molecular complexity index is 562. The van der Waals surface area contributed by atoms with Gasteiger partial charge in [-0.05, 0) is 25.0 Å². The molecule has 0 radical (unpaired) electrons. The van der Waals surface area contributed by atoms with Crippen LogP contribution in [0, 0.1) is 0 Å². The number of rotatable bonds is 1. The van der Waals surface area contributed by atoms with E-state index in [1.54, 1.807) is 0 Å². The maximum atomic E-state index is 5.96. The van der Waals surface area contributed by atoms with Gasteiger partial charge in [0.25, 0.3) is 0 Å². The highest BCUT2D eigenvalue weighted by atomic mass is 79.9. The number of halogens is 1. The molecule has 0 atom stereocenters. The van der Waals surface area contributed by atoms with E-state index in [2.05, 4.69) is 50.1 Å². The largest absolute Gasteiger partial charge is 0.356 e. The van der Waals surface area contributed by atoms with Gasteiger partial charge in [-0.15, -0.1) is 0 Å². The topological polar surface area (TPSA) is 42.1 Å². The number of aromatic nitrogens is 1. The summed E-state index contributed by atoms with van der Waals surface area (Å²) in [6.45, 7) is 2.00. The summed E-state index contributed by atoms with van der Waals surface area (Å²) in [6.07, 6.45) is 3.98. The van der Waals surface area contributed by atoms with E-state index in [9.17, 15) is 0 Å². The molecule has 0 amide bonds. The minimum atomic E-state index is 0.350. The molecule has 0 aliphatic carbocycles. The lowest BCUT2D eigenvalue weighted by Gasteiger charge is -2.31. The molecule has 0 bridgehead atoms. The zero-order valence-corrected chi connectivity index (χ0v) is 11.7. The smallest absolute Gasteiger partial charge is 0.136 e. The summed E-state index contributed by atoms with van der Waals surface area (Å²) >= 11 is 3.60. The zero-order valence-electron chi connectivity index (χ0n) is 10.1. The molecule has 1 fully saturated rings. The summed E-state index contributed by atoms with van der Waals surface area (Å²) in [5.41, 5.74) is 5.96. The minimum Gasteiger partial charge on any atom is -0.356 e. The average Bonchev–Trinajstić information content (AvgIpc) is 2.40. The van der Waals surface area contributed by atoms with Crippen LogP contribution in [0.3, 0.4) is 0 Å². The average molecular weight is 306 g/mol. The van der Waals surface area contributed by atoms with E-state index < -0.39 is 0 Å². The molecule has 2 heterocycles. The van der Waals surface area contributed by atoms with Gasteiger partial charge in [-0.3, -0.25) is 0 Å². The Labute approximate surface area is 115 Å². The molecule has 2 N–H and O–H groups in total. The van der Waals surface area contributed by atoms with Gasteiger partial charge in [-0.25, -0.2) is 4.98 Å². The van der Waals surface area contributed by atoms with Crippen LogP contribution >= 0.6 is 15.9 Å². The fraction of sp³-hybridized carbons (Fsp3) is 0.357. The van der Waals surface area contributed by atoms with Crippen LogP contribution in [0.2, 0.25) is 0 Å². The second-order valence-corrected chi connectivity index (χ2v) is 5.65. The van der Waals surface area contributed by atoms with Crippen molar-refractivity contribution < 1.29 is 0 Å². The number of hydrogen-bond acceptors (Lipinski definition) is 3. The van der Waals surface area contributed by atoms with Gasteiger partial charge in [0.2, 0.25) is 0 Å². The Hall–Kier alpha value is -1.13. The molecule has 0 saturated carbocycles. The molecule has 18 heavy (non-hydrogen) atoms. The number of hydrogen-bond donors (Lipinski definition) is 1. The van der Waals surface area contributed by atoms with E-state index in [1.807, 2.05) is 6.20 Å². The van der Waals surface area contributed by atoms with Crippen molar-refractivity contribution in [3.8, 4) is 0 Å². The lowest BCUT2D eigenvalue weighted by molar-refractivity contribution is 0.499. The van der Waals surface area contributed by atoms with Gasteiger partial charge >= 0.3 is 0 Å². The standard InChI is InChI=1S/C14H16BrN3/c15-13-3-1-2-12-11(13)4-7-17-14(12)18-8-5-10(16)6-9-18/h1-4,7,10H,5-6,8-9,16H2. The van der Waals surface area contributed by atoms with Gasteiger partial charge in [0.1, 0.15) is 5.82 Å². The van der Waals surface area contributed by atoms with Crippen LogP contribution in [0.15, 0.2) is 34.9 Å². The summed E-state index contributed by atoms with van der Waals surface area (Å²) in [6, 6.07) is 8.67. The molecule has 3 rings (SSSR count).